The fourth-order valence-corrected chi connectivity index (χ4v) is 3.35. The summed E-state index contributed by atoms with van der Waals surface area (Å²) < 4.78 is 12.9. The number of rotatable bonds is 4. The number of halogens is 1. The third kappa shape index (κ3) is 4.94. The molecule has 0 radical (unpaired) electrons. The van der Waals surface area contributed by atoms with Crippen LogP contribution in [0.5, 0.6) is 0 Å². The van der Waals surface area contributed by atoms with E-state index >= 15 is 0 Å². The number of hydrogen-bond acceptors (Lipinski definition) is 2. The lowest BCUT2D eigenvalue weighted by Crippen LogP contribution is -2.46. The molecule has 2 aromatic carbocycles. The maximum atomic E-state index is 12.9. The zero-order chi connectivity index (χ0) is 19.4. The molecule has 1 N–H and O–H groups in total. The Bertz CT molecular complexity index is 825. The largest absolute Gasteiger partial charge is 0.353 e. The summed E-state index contributed by atoms with van der Waals surface area (Å²) in [5.41, 5.74) is 3.80. The highest BCUT2D eigenvalue weighted by Crippen LogP contribution is 2.17. The smallest absolute Gasteiger partial charge is 0.253 e. The standard InChI is InChI=1S/C22H25FN2O2/c1-15-3-6-18(13-16(15)2)22(27)25-11-9-20(10-12-25)24-21(26)14-17-4-7-19(23)8-5-17/h3-8,13,20H,9-12,14H2,1-2H3,(H,24,26). The van der Waals surface area contributed by atoms with Crippen molar-refractivity contribution in [2.45, 2.75) is 39.2 Å². The predicted octanol–water partition coefficient (Wildman–Crippen LogP) is 3.41. The SMILES string of the molecule is Cc1ccc(C(=O)N2CCC(NC(=O)Cc3ccc(F)cc3)CC2)cc1C. The average molecular weight is 368 g/mol. The highest BCUT2D eigenvalue weighted by molar-refractivity contribution is 5.94. The summed E-state index contributed by atoms with van der Waals surface area (Å²) in [4.78, 5) is 26.7. The molecule has 27 heavy (non-hydrogen) atoms. The molecule has 3 rings (SSSR count). The van der Waals surface area contributed by atoms with Crippen LogP contribution in [0.1, 0.15) is 39.9 Å². The quantitative estimate of drug-likeness (QED) is 0.899. The van der Waals surface area contributed by atoms with Gasteiger partial charge in [-0.15, -0.1) is 0 Å². The molecule has 2 amide bonds. The number of carbonyl (C=O) groups excluding carboxylic acids is 2. The van der Waals surface area contributed by atoms with E-state index in [2.05, 4.69) is 5.32 Å². The Morgan fingerprint density at radius 2 is 1.70 bits per heavy atom. The lowest BCUT2D eigenvalue weighted by Gasteiger charge is -2.32. The summed E-state index contributed by atoms with van der Waals surface area (Å²) in [5, 5.41) is 3.03. The van der Waals surface area contributed by atoms with E-state index in [1.165, 1.54) is 17.7 Å². The maximum Gasteiger partial charge on any atom is 0.253 e. The molecule has 2 aromatic rings. The van der Waals surface area contributed by atoms with Crippen molar-refractivity contribution in [2.75, 3.05) is 13.1 Å². The maximum absolute atomic E-state index is 12.9. The van der Waals surface area contributed by atoms with E-state index in [1.807, 2.05) is 36.9 Å². The number of benzene rings is 2. The molecule has 0 aliphatic carbocycles. The Morgan fingerprint density at radius 1 is 1.04 bits per heavy atom. The third-order valence-electron chi connectivity index (χ3n) is 5.18. The summed E-state index contributed by atoms with van der Waals surface area (Å²) in [6, 6.07) is 11.8. The van der Waals surface area contributed by atoms with Gasteiger partial charge in [-0.25, -0.2) is 4.39 Å². The van der Waals surface area contributed by atoms with E-state index in [9.17, 15) is 14.0 Å². The lowest BCUT2D eigenvalue weighted by atomic mass is 10.0. The molecule has 1 saturated heterocycles. The van der Waals surface area contributed by atoms with Crippen molar-refractivity contribution in [3.05, 3.63) is 70.5 Å². The first-order chi connectivity index (χ1) is 12.9. The first kappa shape index (κ1) is 19.1. The highest BCUT2D eigenvalue weighted by Gasteiger charge is 2.24. The molecule has 1 aliphatic rings. The van der Waals surface area contributed by atoms with Crippen LogP contribution in [0.3, 0.4) is 0 Å². The fourth-order valence-electron chi connectivity index (χ4n) is 3.35. The summed E-state index contributed by atoms with van der Waals surface area (Å²) in [6.45, 7) is 5.30. The van der Waals surface area contributed by atoms with Crippen LogP contribution < -0.4 is 5.32 Å². The van der Waals surface area contributed by atoms with Crippen molar-refractivity contribution in [3.8, 4) is 0 Å². The summed E-state index contributed by atoms with van der Waals surface area (Å²) >= 11 is 0. The Morgan fingerprint density at radius 3 is 2.33 bits per heavy atom. The molecule has 0 atom stereocenters. The average Bonchev–Trinajstić information content (AvgIpc) is 2.66. The first-order valence-corrected chi connectivity index (χ1v) is 9.32. The van der Waals surface area contributed by atoms with Gasteiger partial charge in [-0.1, -0.05) is 18.2 Å². The van der Waals surface area contributed by atoms with E-state index in [0.717, 1.165) is 29.5 Å². The topological polar surface area (TPSA) is 49.4 Å². The Balaban J connectivity index is 1.49. The van der Waals surface area contributed by atoms with Crippen molar-refractivity contribution in [3.63, 3.8) is 0 Å². The van der Waals surface area contributed by atoms with Gasteiger partial charge in [0.2, 0.25) is 5.91 Å². The Hall–Kier alpha value is -2.69. The van der Waals surface area contributed by atoms with Crippen LogP contribution in [0.4, 0.5) is 4.39 Å². The van der Waals surface area contributed by atoms with Gasteiger partial charge in [0.05, 0.1) is 6.42 Å². The molecule has 1 fully saturated rings. The van der Waals surface area contributed by atoms with Crippen LogP contribution in [0, 0.1) is 19.7 Å². The van der Waals surface area contributed by atoms with Gasteiger partial charge in [-0.2, -0.15) is 0 Å². The minimum atomic E-state index is -0.306. The number of carbonyl (C=O) groups is 2. The monoisotopic (exact) mass is 368 g/mol. The van der Waals surface area contributed by atoms with Crippen LogP contribution >= 0.6 is 0 Å². The van der Waals surface area contributed by atoms with Crippen LogP contribution in [0.15, 0.2) is 42.5 Å². The van der Waals surface area contributed by atoms with Crippen molar-refractivity contribution < 1.29 is 14.0 Å². The fraction of sp³-hybridized carbons (Fsp3) is 0.364. The predicted molar refractivity (Wildman–Crippen MR) is 103 cm³/mol. The van der Waals surface area contributed by atoms with Crippen molar-refractivity contribution in [2.24, 2.45) is 0 Å². The second-order valence-corrected chi connectivity index (χ2v) is 7.24. The second-order valence-electron chi connectivity index (χ2n) is 7.24. The molecule has 5 heteroatoms. The Kier molecular flexibility index (Phi) is 5.89. The minimum Gasteiger partial charge on any atom is -0.353 e. The number of likely N-dealkylation sites (tertiary alicyclic amines) is 1. The van der Waals surface area contributed by atoms with Crippen LogP contribution in [0.2, 0.25) is 0 Å². The molecule has 0 bridgehead atoms. The molecule has 142 valence electrons. The zero-order valence-electron chi connectivity index (χ0n) is 15.8. The van der Waals surface area contributed by atoms with Gasteiger partial charge in [-0.05, 0) is 67.6 Å². The molecule has 0 aromatic heterocycles. The van der Waals surface area contributed by atoms with Crippen LogP contribution in [-0.4, -0.2) is 35.8 Å². The number of aryl methyl sites for hydroxylation is 2. The van der Waals surface area contributed by atoms with Crippen LogP contribution in [0.25, 0.3) is 0 Å². The van der Waals surface area contributed by atoms with E-state index in [-0.39, 0.29) is 30.1 Å². The van der Waals surface area contributed by atoms with E-state index < -0.39 is 0 Å². The van der Waals surface area contributed by atoms with E-state index in [1.54, 1.807) is 12.1 Å². The van der Waals surface area contributed by atoms with Crippen molar-refractivity contribution in [1.82, 2.24) is 10.2 Å². The molecule has 0 unspecified atom stereocenters. The van der Waals surface area contributed by atoms with Crippen molar-refractivity contribution in [1.29, 1.82) is 0 Å². The Labute approximate surface area is 159 Å². The van der Waals surface area contributed by atoms with Gasteiger partial charge >= 0.3 is 0 Å². The number of nitrogens with one attached hydrogen (secondary N) is 1. The van der Waals surface area contributed by atoms with Gasteiger partial charge in [-0.3, -0.25) is 9.59 Å². The molecule has 1 aliphatic heterocycles. The summed E-state index contributed by atoms with van der Waals surface area (Å²) in [7, 11) is 0. The molecule has 0 spiro atoms. The number of piperidine rings is 1. The van der Waals surface area contributed by atoms with Gasteiger partial charge in [0.15, 0.2) is 0 Å². The molecule has 4 nitrogen and oxygen atoms in total. The van der Waals surface area contributed by atoms with Gasteiger partial charge in [0.1, 0.15) is 5.82 Å². The first-order valence-electron chi connectivity index (χ1n) is 9.32. The number of nitrogens with zero attached hydrogens (tertiary/aromatic N) is 1. The molecular weight excluding hydrogens is 343 g/mol. The zero-order valence-corrected chi connectivity index (χ0v) is 15.8. The molecular formula is C22H25FN2O2. The van der Waals surface area contributed by atoms with Crippen molar-refractivity contribution >= 4 is 11.8 Å². The van der Waals surface area contributed by atoms with E-state index in [0.29, 0.717) is 13.1 Å². The number of hydrogen-bond donors (Lipinski definition) is 1. The normalized spacial score (nSPS) is 14.9. The molecule has 0 saturated carbocycles. The summed E-state index contributed by atoms with van der Waals surface area (Å²) in [5.74, 6) is -0.324. The van der Waals surface area contributed by atoms with Crippen LogP contribution in [-0.2, 0) is 11.2 Å². The lowest BCUT2D eigenvalue weighted by molar-refractivity contribution is -0.121. The second kappa shape index (κ2) is 8.33. The van der Waals surface area contributed by atoms with Gasteiger partial charge in [0, 0.05) is 24.7 Å². The van der Waals surface area contributed by atoms with Gasteiger partial charge in [0.25, 0.3) is 5.91 Å². The van der Waals surface area contributed by atoms with E-state index in [4.69, 9.17) is 0 Å². The summed E-state index contributed by atoms with van der Waals surface area (Å²) in [6.07, 6.45) is 1.72. The minimum absolute atomic E-state index is 0.0502. The highest BCUT2D eigenvalue weighted by atomic mass is 19.1. The van der Waals surface area contributed by atoms with Gasteiger partial charge < -0.3 is 10.2 Å². The molecule has 1 heterocycles. The number of amides is 2. The third-order valence-corrected chi connectivity index (χ3v) is 5.18.